The lowest BCUT2D eigenvalue weighted by Gasteiger charge is -2.00. The number of hydrogen-bond acceptors (Lipinski definition) is 2. The largest absolute Gasteiger partial charge is 0.448 e. The number of aromatic nitrogens is 1. The van der Waals surface area contributed by atoms with E-state index in [1.54, 1.807) is 12.3 Å². The van der Waals surface area contributed by atoms with Crippen LogP contribution in [-0.4, -0.2) is 4.98 Å². The molecule has 2 aromatic rings. The third kappa shape index (κ3) is 1.97. The van der Waals surface area contributed by atoms with Crippen LogP contribution in [0.15, 0.2) is 42.6 Å². The topological polar surface area (TPSA) is 22.1 Å². The zero-order chi connectivity index (χ0) is 8.93. The molecule has 0 aliphatic heterocycles. The van der Waals surface area contributed by atoms with Crippen LogP contribution in [-0.2, 0) is 0 Å². The Labute approximate surface area is 76.8 Å². The van der Waals surface area contributed by atoms with Crippen molar-refractivity contribution in [2.75, 3.05) is 0 Å². The minimum absolute atomic E-state index is 0.626. The Balaban J connectivity index is 2.16. The maximum Gasteiger partial charge on any atom is 0.180 e. The van der Waals surface area contributed by atoms with Crippen molar-refractivity contribution in [2.45, 2.75) is 0 Å². The second-order valence-corrected chi connectivity index (χ2v) is 2.46. The number of benzene rings is 1. The molecule has 0 radical (unpaired) electrons. The molecule has 0 amide bonds. The highest BCUT2D eigenvalue weighted by molar-refractivity contribution is 5.27. The van der Waals surface area contributed by atoms with Gasteiger partial charge in [-0.2, -0.15) is 0 Å². The fourth-order valence-corrected chi connectivity index (χ4v) is 0.946. The number of ether oxygens (including phenoxy) is 1. The molecule has 0 spiro atoms. The van der Waals surface area contributed by atoms with Gasteiger partial charge in [0.25, 0.3) is 0 Å². The maximum atomic E-state index is 5.45. The minimum Gasteiger partial charge on any atom is -0.448 e. The summed E-state index contributed by atoms with van der Waals surface area (Å²) in [6.07, 6.45) is 4.20. The van der Waals surface area contributed by atoms with Crippen LogP contribution in [0.3, 0.4) is 0 Å². The van der Waals surface area contributed by atoms with Gasteiger partial charge < -0.3 is 4.74 Å². The zero-order valence-electron chi connectivity index (χ0n) is 6.90. The van der Waals surface area contributed by atoms with E-state index >= 15 is 0 Å². The first-order valence-electron chi connectivity index (χ1n) is 3.92. The molecule has 0 fully saturated rings. The van der Waals surface area contributed by atoms with Crippen LogP contribution < -0.4 is 4.74 Å². The quantitative estimate of drug-likeness (QED) is 0.689. The molecule has 2 nitrogen and oxygen atoms in total. The molecule has 1 aromatic heterocycles. The summed E-state index contributed by atoms with van der Waals surface area (Å²) in [5, 5.41) is 0. The number of nitrogens with zero attached hydrogens (tertiary/aromatic N) is 1. The fourth-order valence-electron chi connectivity index (χ4n) is 0.946. The standard InChI is InChI=1S/C11H7NO/c1-2-4-10(5-3-1)13-11-6-8-12-9-7-11/h1-6,8H. The number of para-hydroxylation sites is 1. The van der Waals surface area contributed by atoms with E-state index in [9.17, 15) is 0 Å². The van der Waals surface area contributed by atoms with Crippen LogP contribution >= 0.6 is 0 Å². The molecule has 0 saturated carbocycles. The molecular formula is C11H7NO. The molecule has 62 valence electrons. The molecule has 2 rings (SSSR count). The molecule has 0 atom stereocenters. The highest BCUT2D eigenvalue weighted by atomic mass is 16.5. The van der Waals surface area contributed by atoms with Crippen LogP contribution in [0.4, 0.5) is 0 Å². The lowest BCUT2D eigenvalue weighted by molar-refractivity contribution is 0.482. The second kappa shape index (κ2) is 3.59. The molecule has 2 heteroatoms. The van der Waals surface area contributed by atoms with Gasteiger partial charge in [-0.05, 0) is 18.2 Å². The summed E-state index contributed by atoms with van der Waals surface area (Å²) in [5.74, 6) is 1.42. The summed E-state index contributed by atoms with van der Waals surface area (Å²) >= 11 is 0. The summed E-state index contributed by atoms with van der Waals surface area (Å²) in [5.41, 5.74) is 0. The SMILES string of the molecule is c1nccc(Oc2ccccc2)c#1. The Morgan fingerprint density at radius 1 is 1.08 bits per heavy atom. The molecule has 13 heavy (non-hydrogen) atoms. The van der Waals surface area contributed by atoms with E-state index in [1.807, 2.05) is 30.3 Å². The lowest BCUT2D eigenvalue weighted by Crippen LogP contribution is -1.81. The Kier molecular flexibility index (Phi) is 2.11. The van der Waals surface area contributed by atoms with Crippen molar-refractivity contribution >= 4 is 0 Å². The predicted octanol–water partition coefficient (Wildman–Crippen LogP) is 2.47. The summed E-state index contributed by atoms with van der Waals surface area (Å²) in [7, 11) is 0. The van der Waals surface area contributed by atoms with Gasteiger partial charge in [-0.25, -0.2) is 4.98 Å². The first-order chi connectivity index (χ1) is 6.45. The van der Waals surface area contributed by atoms with Crippen molar-refractivity contribution in [1.82, 2.24) is 4.98 Å². The van der Waals surface area contributed by atoms with Crippen LogP contribution in [0.5, 0.6) is 11.5 Å². The summed E-state index contributed by atoms with van der Waals surface area (Å²) in [4.78, 5) is 3.73. The van der Waals surface area contributed by atoms with Crippen molar-refractivity contribution in [3.8, 4) is 11.5 Å². The van der Waals surface area contributed by atoms with Crippen LogP contribution in [0.1, 0.15) is 0 Å². The Morgan fingerprint density at radius 3 is 2.62 bits per heavy atom. The van der Waals surface area contributed by atoms with Crippen LogP contribution in [0, 0.1) is 12.3 Å². The average molecular weight is 169 g/mol. The maximum absolute atomic E-state index is 5.45. The van der Waals surface area contributed by atoms with Gasteiger partial charge in [-0.1, -0.05) is 18.2 Å². The lowest BCUT2D eigenvalue weighted by atomic mass is 10.3. The first kappa shape index (κ1) is 7.63. The van der Waals surface area contributed by atoms with E-state index in [-0.39, 0.29) is 0 Å². The first-order valence-corrected chi connectivity index (χ1v) is 3.92. The second-order valence-electron chi connectivity index (χ2n) is 2.46. The Hall–Kier alpha value is -2.01. The van der Waals surface area contributed by atoms with E-state index in [0.29, 0.717) is 5.75 Å². The summed E-state index contributed by atoms with van der Waals surface area (Å²) in [6.45, 7) is 0. The van der Waals surface area contributed by atoms with Crippen LogP contribution in [0.2, 0.25) is 0 Å². The highest BCUT2D eigenvalue weighted by Crippen LogP contribution is 2.17. The van der Waals surface area contributed by atoms with Gasteiger partial charge in [0.15, 0.2) is 5.75 Å². The average Bonchev–Trinajstić information content (AvgIpc) is 2.21. The molecule has 0 aliphatic carbocycles. The van der Waals surface area contributed by atoms with Crippen molar-refractivity contribution in [1.29, 1.82) is 0 Å². The summed E-state index contributed by atoms with van der Waals surface area (Å²) < 4.78 is 5.45. The van der Waals surface area contributed by atoms with Gasteiger partial charge in [-0.3, -0.25) is 0 Å². The molecule has 1 heterocycles. The highest BCUT2D eigenvalue weighted by Gasteiger charge is 1.92. The van der Waals surface area contributed by atoms with Gasteiger partial charge in [0.2, 0.25) is 0 Å². The third-order valence-corrected chi connectivity index (χ3v) is 1.52. The summed E-state index contributed by atoms with van der Waals surface area (Å²) in [6, 6.07) is 14.0. The van der Waals surface area contributed by atoms with E-state index in [2.05, 4.69) is 17.2 Å². The molecular weight excluding hydrogens is 162 g/mol. The van der Waals surface area contributed by atoms with Gasteiger partial charge in [-0.15, -0.1) is 0 Å². The molecule has 0 aliphatic rings. The molecule has 0 bridgehead atoms. The molecule has 1 aromatic carbocycles. The van der Waals surface area contributed by atoms with E-state index in [1.165, 1.54) is 0 Å². The zero-order valence-corrected chi connectivity index (χ0v) is 6.90. The number of rotatable bonds is 2. The van der Waals surface area contributed by atoms with Crippen molar-refractivity contribution < 1.29 is 4.74 Å². The van der Waals surface area contributed by atoms with Crippen molar-refractivity contribution in [2.24, 2.45) is 0 Å². The van der Waals surface area contributed by atoms with Gasteiger partial charge in [0.05, 0.1) is 0 Å². The molecule has 0 N–H and O–H groups in total. The molecule has 0 saturated heterocycles. The fraction of sp³-hybridized carbons (Fsp3) is 0. The Morgan fingerprint density at radius 2 is 1.92 bits per heavy atom. The van der Waals surface area contributed by atoms with Gasteiger partial charge in [0.1, 0.15) is 5.75 Å². The normalized spacial score (nSPS) is 8.92. The van der Waals surface area contributed by atoms with E-state index < -0.39 is 0 Å². The smallest absolute Gasteiger partial charge is 0.180 e. The number of hydrogen-bond donors (Lipinski definition) is 0. The monoisotopic (exact) mass is 169 g/mol. The van der Waals surface area contributed by atoms with Crippen LogP contribution in [0.25, 0.3) is 0 Å². The van der Waals surface area contributed by atoms with Gasteiger partial charge >= 0.3 is 0 Å². The minimum atomic E-state index is 0.626. The van der Waals surface area contributed by atoms with Crippen molar-refractivity contribution in [3.05, 3.63) is 54.9 Å². The van der Waals surface area contributed by atoms with Crippen molar-refractivity contribution in [3.63, 3.8) is 0 Å². The third-order valence-electron chi connectivity index (χ3n) is 1.52. The van der Waals surface area contributed by atoms with E-state index in [4.69, 9.17) is 4.74 Å². The van der Waals surface area contributed by atoms with Gasteiger partial charge in [0, 0.05) is 18.5 Å². The molecule has 0 unspecified atom stereocenters. The Bertz CT molecular complexity index is 321. The predicted molar refractivity (Wildman–Crippen MR) is 48.4 cm³/mol. The van der Waals surface area contributed by atoms with E-state index in [0.717, 1.165) is 5.75 Å².